The van der Waals surface area contributed by atoms with Crippen molar-refractivity contribution in [2.45, 2.75) is 52.3 Å². The van der Waals surface area contributed by atoms with Crippen LogP contribution >= 0.6 is 24.0 Å². The zero-order chi connectivity index (χ0) is 18.7. The molecule has 148 valence electrons. The lowest BCUT2D eigenvalue weighted by molar-refractivity contribution is 0.0694. The minimum Gasteiger partial charge on any atom is -0.487 e. The number of nitrogens with zero attached hydrogens (tertiary/aromatic N) is 4. The van der Waals surface area contributed by atoms with Gasteiger partial charge in [0.1, 0.15) is 23.7 Å². The van der Waals surface area contributed by atoms with Gasteiger partial charge in [-0.2, -0.15) is 0 Å². The highest BCUT2D eigenvalue weighted by Crippen LogP contribution is 2.39. The monoisotopic (exact) mass is 484 g/mol. The van der Waals surface area contributed by atoms with Crippen LogP contribution in [-0.4, -0.2) is 32.9 Å². The Bertz CT molecular complexity index is 801. The number of aryl methyl sites for hydroxylation is 1. The van der Waals surface area contributed by atoms with Crippen molar-refractivity contribution in [3.05, 3.63) is 41.5 Å². The fourth-order valence-electron chi connectivity index (χ4n) is 3.15. The van der Waals surface area contributed by atoms with E-state index in [2.05, 4.69) is 47.7 Å². The summed E-state index contributed by atoms with van der Waals surface area (Å²) in [4.78, 5) is 4.70. The molecule has 0 saturated heterocycles. The lowest BCUT2D eigenvalue weighted by Crippen LogP contribution is -2.45. The smallest absolute Gasteiger partial charge is 0.192 e. The average Bonchev–Trinajstić information content (AvgIpc) is 2.91. The maximum absolute atomic E-state index is 6.12. The highest BCUT2D eigenvalue weighted by Gasteiger charge is 2.33. The van der Waals surface area contributed by atoms with Gasteiger partial charge in [-0.1, -0.05) is 18.2 Å². The fourth-order valence-corrected chi connectivity index (χ4v) is 3.15. The van der Waals surface area contributed by atoms with E-state index in [-0.39, 0.29) is 35.6 Å². The highest BCUT2D eigenvalue weighted by molar-refractivity contribution is 14.0. The Kier molecular flexibility index (Phi) is 7.07. The van der Waals surface area contributed by atoms with E-state index in [9.17, 15) is 0 Å². The van der Waals surface area contributed by atoms with Crippen molar-refractivity contribution < 1.29 is 4.74 Å². The summed E-state index contributed by atoms with van der Waals surface area (Å²) in [6, 6.07) is 8.32. The molecule has 0 spiro atoms. The Morgan fingerprint density at radius 3 is 2.74 bits per heavy atom. The second-order valence-corrected chi connectivity index (χ2v) is 7.22. The summed E-state index contributed by atoms with van der Waals surface area (Å²) in [5.41, 5.74) is 0.927. The van der Waals surface area contributed by atoms with Gasteiger partial charge < -0.3 is 19.9 Å². The van der Waals surface area contributed by atoms with Gasteiger partial charge >= 0.3 is 0 Å². The van der Waals surface area contributed by atoms with E-state index in [1.165, 1.54) is 0 Å². The van der Waals surface area contributed by atoms with Gasteiger partial charge in [0.05, 0.1) is 6.04 Å². The summed E-state index contributed by atoms with van der Waals surface area (Å²) in [6.45, 7) is 9.49. The lowest BCUT2D eigenvalue weighted by Gasteiger charge is -2.38. The van der Waals surface area contributed by atoms with Crippen LogP contribution in [0, 0.1) is 6.92 Å². The Labute approximate surface area is 178 Å². The fraction of sp³-hybridized carbons (Fsp3) is 0.526. The zero-order valence-electron chi connectivity index (χ0n) is 16.6. The third-order valence-electron chi connectivity index (χ3n) is 4.59. The molecular weight excluding hydrogens is 455 g/mol. The molecule has 8 heteroatoms. The van der Waals surface area contributed by atoms with Crippen LogP contribution in [0.3, 0.4) is 0 Å². The van der Waals surface area contributed by atoms with Gasteiger partial charge in [-0.3, -0.25) is 0 Å². The van der Waals surface area contributed by atoms with E-state index in [1.807, 2.05) is 36.7 Å². The molecule has 2 N–H and O–H groups in total. The van der Waals surface area contributed by atoms with Crippen molar-refractivity contribution in [3.63, 3.8) is 0 Å². The lowest BCUT2D eigenvalue weighted by atomic mass is 9.90. The molecule has 1 aromatic heterocycles. The Morgan fingerprint density at radius 1 is 1.33 bits per heavy atom. The third-order valence-corrected chi connectivity index (χ3v) is 4.59. The molecule has 1 aliphatic rings. The molecule has 2 aromatic rings. The second kappa shape index (κ2) is 8.90. The van der Waals surface area contributed by atoms with Crippen LogP contribution in [0.5, 0.6) is 5.75 Å². The average molecular weight is 484 g/mol. The molecule has 1 aromatic carbocycles. The summed E-state index contributed by atoms with van der Waals surface area (Å²) in [6.07, 6.45) is 0.859. The molecule has 3 rings (SSSR count). The van der Waals surface area contributed by atoms with Crippen molar-refractivity contribution >= 4 is 29.9 Å². The van der Waals surface area contributed by atoms with Crippen LogP contribution < -0.4 is 15.4 Å². The maximum atomic E-state index is 6.12. The van der Waals surface area contributed by atoms with Gasteiger partial charge in [0.25, 0.3) is 0 Å². The highest BCUT2D eigenvalue weighted by atomic mass is 127. The van der Waals surface area contributed by atoms with E-state index >= 15 is 0 Å². The van der Waals surface area contributed by atoms with E-state index in [0.717, 1.165) is 41.9 Å². The van der Waals surface area contributed by atoms with Crippen molar-refractivity contribution in [2.75, 3.05) is 6.54 Å². The minimum atomic E-state index is -0.232. The predicted molar refractivity (Wildman–Crippen MR) is 118 cm³/mol. The molecule has 0 bridgehead atoms. The van der Waals surface area contributed by atoms with Crippen LogP contribution in [0.2, 0.25) is 0 Å². The van der Waals surface area contributed by atoms with Gasteiger partial charge in [0, 0.05) is 25.6 Å². The SMILES string of the molecule is CCNC(=NCc1nnc(C)n1C)NC1CC(C)(C)Oc2ccccc21.I. The molecule has 0 amide bonds. The molecule has 1 atom stereocenters. The van der Waals surface area contributed by atoms with Gasteiger partial charge in [-0.05, 0) is 33.8 Å². The molecule has 0 radical (unpaired) electrons. The first-order valence-electron chi connectivity index (χ1n) is 9.07. The number of guanidine groups is 1. The van der Waals surface area contributed by atoms with Gasteiger partial charge in [0.15, 0.2) is 11.8 Å². The number of nitrogens with one attached hydrogen (secondary N) is 2. The standard InChI is InChI=1S/C19H28N6O.HI/c1-6-20-18(21-12-17-24-23-13(2)25(17)5)22-15-11-19(3,4)26-16-10-8-7-9-14(15)16;/h7-10,15H,6,11-12H2,1-5H3,(H2,20,21,22);1H. The summed E-state index contributed by atoms with van der Waals surface area (Å²) in [5, 5.41) is 15.2. The van der Waals surface area contributed by atoms with Gasteiger partial charge in [-0.25, -0.2) is 4.99 Å². The number of hydrogen-bond donors (Lipinski definition) is 2. The van der Waals surface area contributed by atoms with Crippen molar-refractivity contribution in [2.24, 2.45) is 12.0 Å². The summed E-state index contributed by atoms with van der Waals surface area (Å²) in [7, 11) is 1.96. The summed E-state index contributed by atoms with van der Waals surface area (Å²) >= 11 is 0. The topological polar surface area (TPSA) is 76.4 Å². The van der Waals surface area contributed by atoms with Crippen LogP contribution in [0.25, 0.3) is 0 Å². The largest absolute Gasteiger partial charge is 0.487 e. The Hall–Kier alpha value is -1.84. The first kappa shape index (κ1) is 21.5. The molecule has 1 aliphatic heterocycles. The number of aromatic nitrogens is 3. The molecule has 2 heterocycles. The first-order valence-corrected chi connectivity index (χ1v) is 9.07. The summed E-state index contributed by atoms with van der Waals surface area (Å²) in [5.74, 6) is 3.42. The van der Waals surface area contributed by atoms with Crippen molar-refractivity contribution in [3.8, 4) is 5.75 Å². The first-order chi connectivity index (χ1) is 12.4. The molecule has 0 saturated carbocycles. The normalized spacial score (nSPS) is 18.1. The number of para-hydroxylation sites is 1. The van der Waals surface area contributed by atoms with Crippen LogP contribution in [0.4, 0.5) is 0 Å². The van der Waals surface area contributed by atoms with E-state index in [1.54, 1.807) is 0 Å². The number of halogens is 1. The van der Waals surface area contributed by atoms with Gasteiger partial charge in [-0.15, -0.1) is 34.2 Å². The number of fused-ring (bicyclic) bond motifs is 1. The van der Waals surface area contributed by atoms with Crippen molar-refractivity contribution in [1.82, 2.24) is 25.4 Å². The predicted octanol–water partition coefficient (Wildman–Crippen LogP) is 3.10. The zero-order valence-corrected chi connectivity index (χ0v) is 18.9. The van der Waals surface area contributed by atoms with Crippen LogP contribution in [-0.2, 0) is 13.6 Å². The molecule has 1 unspecified atom stereocenters. The van der Waals surface area contributed by atoms with Crippen LogP contribution in [0.1, 0.15) is 50.4 Å². The Morgan fingerprint density at radius 2 is 2.07 bits per heavy atom. The van der Waals surface area contributed by atoms with Crippen molar-refractivity contribution in [1.29, 1.82) is 0 Å². The second-order valence-electron chi connectivity index (χ2n) is 7.22. The number of benzene rings is 1. The number of rotatable bonds is 4. The van der Waals surface area contributed by atoms with E-state index in [0.29, 0.717) is 6.54 Å². The minimum absolute atomic E-state index is 0. The molecule has 7 nitrogen and oxygen atoms in total. The Balaban J connectivity index is 0.00000261. The quantitative estimate of drug-likeness (QED) is 0.397. The number of hydrogen-bond acceptors (Lipinski definition) is 4. The summed E-state index contributed by atoms with van der Waals surface area (Å²) < 4.78 is 8.08. The molecule has 0 aliphatic carbocycles. The van der Waals surface area contributed by atoms with E-state index in [4.69, 9.17) is 9.73 Å². The molecular formula is C19H29IN6O. The van der Waals surface area contributed by atoms with Crippen LogP contribution in [0.15, 0.2) is 29.3 Å². The number of ether oxygens (including phenoxy) is 1. The number of aliphatic imine (C=N–C) groups is 1. The maximum Gasteiger partial charge on any atom is 0.192 e. The third kappa shape index (κ3) is 5.12. The molecule has 0 fully saturated rings. The van der Waals surface area contributed by atoms with E-state index < -0.39 is 0 Å². The molecule has 27 heavy (non-hydrogen) atoms. The van der Waals surface area contributed by atoms with Gasteiger partial charge in [0.2, 0.25) is 0 Å².